The van der Waals surface area contributed by atoms with E-state index in [-0.39, 0.29) is 28.7 Å². The van der Waals surface area contributed by atoms with Crippen molar-refractivity contribution in [1.82, 2.24) is 30.4 Å². The molecule has 14 heteroatoms. The van der Waals surface area contributed by atoms with Gasteiger partial charge in [0.1, 0.15) is 17.6 Å². The smallest absolute Gasteiger partial charge is 0.196 e. The first-order chi connectivity index (χ1) is 29.2. The number of anilines is 4. The number of unbranched alkanes of at least 4 members (excludes halogenated alkanes) is 1. The molecule has 3 aromatic heterocycles. The highest BCUT2D eigenvalue weighted by molar-refractivity contribution is 7.22. The molecule has 13 nitrogen and oxygen atoms in total. The first-order valence-electron chi connectivity index (χ1n) is 22.2. The van der Waals surface area contributed by atoms with Crippen LogP contribution >= 0.6 is 11.3 Å². The number of nitrogens with zero attached hydrogens (tertiary/aromatic N) is 7. The first-order valence-corrected chi connectivity index (χ1v) is 23.0. The molecule has 0 spiro atoms. The van der Waals surface area contributed by atoms with Gasteiger partial charge in [0.25, 0.3) is 0 Å². The number of hydrogen-bond donors (Lipinski definition) is 5. The third kappa shape index (κ3) is 8.75. The van der Waals surface area contributed by atoms with E-state index in [9.17, 15) is 20.6 Å². The van der Waals surface area contributed by atoms with Crippen LogP contribution in [0.5, 0.6) is 0 Å². The van der Waals surface area contributed by atoms with Crippen molar-refractivity contribution in [1.29, 1.82) is 5.26 Å². The molecule has 5 unspecified atom stereocenters. The molecule has 3 fully saturated rings. The average Bonchev–Trinajstić information content (AvgIpc) is 3.62. The second-order valence-electron chi connectivity index (χ2n) is 19.1. The Labute approximate surface area is 364 Å². The normalized spacial score (nSPS) is 26.1. The molecule has 61 heavy (non-hydrogen) atoms. The summed E-state index contributed by atoms with van der Waals surface area (Å²) < 4.78 is 8.09. The Balaban J connectivity index is 1.01. The molecular formula is C47H63N9O4S. The Morgan fingerprint density at radius 2 is 1.95 bits per heavy atom. The number of aliphatic hydroxyl groups excluding tert-OH is 2. The predicted molar refractivity (Wildman–Crippen MR) is 241 cm³/mol. The van der Waals surface area contributed by atoms with E-state index in [1.165, 1.54) is 12.8 Å². The van der Waals surface area contributed by atoms with Gasteiger partial charge in [-0.15, -0.1) is 10.2 Å². The van der Waals surface area contributed by atoms with E-state index in [2.05, 4.69) is 77.8 Å². The van der Waals surface area contributed by atoms with E-state index in [1.807, 2.05) is 24.8 Å². The predicted octanol–water partition coefficient (Wildman–Crippen LogP) is 7.84. The van der Waals surface area contributed by atoms with Crippen LogP contribution in [0.1, 0.15) is 113 Å². The number of fused-ring (bicyclic) bond motifs is 4. The van der Waals surface area contributed by atoms with Crippen molar-refractivity contribution in [3.8, 4) is 6.07 Å². The molecule has 1 aromatic carbocycles. The molecule has 3 saturated carbocycles. The highest BCUT2D eigenvalue weighted by Crippen LogP contribution is 2.67. The quantitative estimate of drug-likeness (QED) is 0.0419. The first kappa shape index (κ1) is 43.4. The topological polar surface area (TPSA) is 176 Å². The zero-order valence-corrected chi connectivity index (χ0v) is 37.5. The summed E-state index contributed by atoms with van der Waals surface area (Å²) >= 11 is 1.58. The van der Waals surface area contributed by atoms with Gasteiger partial charge in [0.2, 0.25) is 0 Å². The van der Waals surface area contributed by atoms with Gasteiger partial charge in [-0.1, -0.05) is 31.3 Å². The minimum Gasteiger partial charge on any atom is -0.396 e. The van der Waals surface area contributed by atoms with Crippen LogP contribution in [0.15, 0.2) is 36.0 Å². The summed E-state index contributed by atoms with van der Waals surface area (Å²) in [6, 6.07) is 12.3. The lowest BCUT2D eigenvalue weighted by molar-refractivity contribution is -0.222. The van der Waals surface area contributed by atoms with Crippen LogP contribution in [0.4, 0.5) is 22.6 Å². The van der Waals surface area contributed by atoms with Gasteiger partial charge in [-0.05, 0) is 151 Å². The molecule has 0 saturated heterocycles. The fraction of sp³-hybridized carbons (Fsp3) is 0.596. The molecule has 4 aliphatic rings. The van der Waals surface area contributed by atoms with Crippen molar-refractivity contribution in [3.05, 3.63) is 64.0 Å². The summed E-state index contributed by atoms with van der Waals surface area (Å²) in [6.07, 6.45) is 8.25. The van der Waals surface area contributed by atoms with Gasteiger partial charge >= 0.3 is 0 Å². The fourth-order valence-corrected chi connectivity index (χ4v) is 12.6. The maximum atomic E-state index is 10.8. The fourth-order valence-electron chi connectivity index (χ4n) is 11.8. The van der Waals surface area contributed by atoms with Gasteiger partial charge in [0.05, 0.1) is 28.0 Å². The number of hydrogen-bond acceptors (Lipinski definition) is 14. The summed E-state index contributed by atoms with van der Waals surface area (Å²) in [7, 11) is 2.13. The number of rotatable bonds is 16. The number of aromatic nitrogens is 4. The average molecular weight is 850 g/mol. The molecular weight excluding hydrogens is 787 g/mol. The third-order valence-electron chi connectivity index (χ3n) is 14.3. The van der Waals surface area contributed by atoms with Gasteiger partial charge in [-0.2, -0.15) is 5.26 Å². The van der Waals surface area contributed by atoms with Crippen LogP contribution in [-0.4, -0.2) is 92.4 Å². The van der Waals surface area contributed by atoms with Crippen molar-refractivity contribution in [2.45, 2.75) is 111 Å². The summed E-state index contributed by atoms with van der Waals surface area (Å²) in [4.78, 5) is 13.9. The molecule has 8 rings (SSSR count). The number of aryl methyl sites for hydroxylation is 1. The molecule has 3 aliphatic carbocycles. The lowest BCUT2D eigenvalue weighted by atomic mass is 9.42. The number of aliphatic hydroxyl groups is 3. The Bertz CT molecular complexity index is 2330. The maximum absolute atomic E-state index is 10.8. The number of allylic oxidation sites excluding steroid dienone is 2. The molecule has 4 heterocycles. The van der Waals surface area contributed by atoms with Gasteiger partial charge < -0.3 is 40.5 Å². The number of benzene rings is 1. The molecule has 5 atom stereocenters. The lowest BCUT2D eigenvalue weighted by Gasteiger charge is -2.66. The number of pyridine rings is 1. The third-order valence-corrected chi connectivity index (χ3v) is 15.3. The molecule has 0 amide bonds. The van der Waals surface area contributed by atoms with E-state index in [0.717, 1.165) is 103 Å². The second kappa shape index (κ2) is 17.5. The van der Waals surface area contributed by atoms with E-state index >= 15 is 0 Å². The standard InChI is InChI=1S/C47H63N9O4S/c1-29-11-13-38-37(22-29)50-44(61-38)52-41-31(3)33-10-9-18-56(42(33)54-53-41)39-14-12-34(40(51-39)43(58)59)35(24-48)32(4)49-28-46-25-45(5)16-15-36(46)30(2)23-47(26-45,27-46)60-21-19-55(6)17-7-8-20-57/h11-14,22,30,36,43,49,57-59H,7-10,15-21,23,25-28H2,1-6H3,(H,50,52,53)/b35-32+. The summed E-state index contributed by atoms with van der Waals surface area (Å²) in [6.45, 7) is 15.0. The Morgan fingerprint density at radius 1 is 1.11 bits per heavy atom. The highest BCUT2D eigenvalue weighted by atomic mass is 32.1. The minimum absolute atomic E-state index is 0.0168. The SMILES string of the molecule is C/C(NCC12CC3(C)CCC1C(C)CC(OCCN(C)CCCCO)(C3)C2)=C(/C#N)c1ccc(N2CCCc3c2nnc(Nc2nc4cc(C)ccc4s2)c3C)nc1C(O)O. The zero-order chi connectivity index (χ0) is 43.1. The molecule has 1 aliphatic heterocycles. The van der Waals surface area contributed by atoms with Gasteiger partial charge in [0.15, 0.2) is 23.1 Å². The molecule has 4 aromatic rings. The van der Waals surface area contributed by atoms with Crippen molar-refractivity contribution < 1.29 is 20.1 Å². The van der Waals surface area contributed by atoms with Crippen LogP contribution < -0.4 is 15.5 Å². The molecule has 5 N–H and O–H groups in total. The van der Waals surface area contributed by atoms with Crippen LogP contribution in [0.3, 0.4) is 0 Å². The van der Waals surface area contributed by atoms with Crippen LogP contribution in [0, 0.1) is 47.8 Å². The molecule has 3 bridgehead atoms. The summed E-state index contributed by atoms with van der Waals surface area (Å²) in [5.74, 6) is 2.93. The summed E-state index contributed by atoms with van der Waals surface area (Å²) in [5.41, 5.74) is 5.63. The maximum Gasteiger partial charge on any atom is 0.196 e. The second-order valence-corrected chi connectivity index (χ2v) is 20.1. The number of nitrogens with one attached hydrogen (secondary N) is 2. The van der Waals surface area contributed by atoms with Crippen LogP contribution in [0.2, 0.25) is 0 Å². The Morgan fingerprint density at radius 3 is 2.74 bits per heavy atom. The molecule has 326 valence electrons. The van der Waals surface area contributed by atoms with E-state index in [4.69, 9.17) is 14.7 Å². The Kier molecular flexibility index (Phi) is 12.5. The highest BCUT2D eigenvalue weighted by Gasteiger charge is 2.63. The zero-order valence-electron chi connectivity index (χ0n) is 36.7. The van der Waals surface area contributed by atoms with Crippen molar-refractivity contribution >= 4 is 49.7 Å². The molecule has 0 radical (unpaired) electrons. The lowest BCUT2D eigenvalue weighted by Crippen LogP contribution is -2.64. The van der Waals surface area contributed by atoms with Gasteiger partial charge in [-0.25, -0.2) is 9.97 Å². The van der Waals surface area contributed by atoms with Gasteiger partial charge in [-0.3, -0.25) is 0 Å². The van der Waals surface area contributed by atoms with Crippen LogP contribution in [-0.2, 0) is 11.2 Å². The van der Waals surface area contributed by atoms with Gasteiger partial charge in [0, 0.05) is 48.6 Å². The number of likely N-dealkylation sites (N-methyl/N-ethyl adjacent to an activating group) is 1. The number of thiazole rings is 1. The van der Waals surface area contributed by atoms with E-state index < -0.39 is 6.29 Å². The monoisotopic (exact) mass is 849 g/mol. The number of nitriles is 1. The summed E-state index contributed by atoms with van der Waals surface area (Å²) in [5, 5.41) is 58.5. The van der Waals surface area contributed by atoms with Crippen molar-refractivity contribution in [2.24, 2.45) is 22.7 Å². The van der Waals surface area contributed by atoms with Crippen molar-refractivity contribution in [2.75, 3.05) is 56.7 Å². The largest absolute Gasteiger partial charge is 0.396 e. The van der Waals surface area contributed by atoms with Crippen LogP contribution in [0.25, 0.3) is 15.8 Å². The number of ether oxygens (including phenoxy) is 1. The van der Waals surface area contributed by atoms with E-state index in [0.29, 0.717) is 59.3 Å². The minimum atomic E-state index is -1.90. The Hall–Kier alpha value is -4.23. The van der Waals surface area contributed by atoms with Crippen molar-refractivity contribution in [3.63, 3.8) is 0 Å². The van der Waals surface area contributed by atoms with E-state index in [1.54, 1.807) is 17.4 Å².